The standard InChI is InChI=1S/C13H15F3N2OS/c14-13(15,16)9-7-8(17)4-5-10(9)18-12(19)11-3-1-2-6-20-11/h4-5,7,11H,1-3,6,17H2,(H,18,19). The second-order valence-electron chi connectivity index (χ2n) is 4.65. The van der Waals surface area contributed by atoms with E-state index >= 15 is 0 Å². The van der Waals surface area contributed by atoms with Crippen LogP contribution in [0.5, 0.6) is 0 Å². The van der Waals surface area contributed by atoms with Gasteiger partial charge in [0.1, 0.15) is 0 Å². The number of rotatable bonds is 2. The summed E-state index contributed by atoms with van der Waals surface area (Å²) in [5.41, 5.74) is 4.25. The Bertz CT molecular complexity index is 499. The third kappa shape index (κ3) is 3.59. The van der Waals surface area contributed by atoms with Gasteiger partial charge in [0.2, 0.25) is 5.91 Å². The summed E-state index contributed by atoms with van der Waals surface area (Å²) in [5.74, 6) is 0.497. The summed E-state index contributed by atoms with van der Waals surface area (Å²) in [4.78, 5) is 12.0. The van der Waals surface area contributed by atoms with E-state index in [1.807, 2.05) is 0 Å². The van der Waals surface area contributed by atoms with Crippen LogP contribution in [0, 0.1) is 0 Å². The zero-order valence-corrected chi connectivity index (χ0v) is 11.5. The zero-order chi connectivity index (χ0) is 14.8. The minimum Gasteiger partial charge on any atom is -0.399 e. The first-order valence-corrected chi connectivity index (χ1v) is 7.32. The molecule has 1 amide bonds. The lowest BCUT2D eigenvalue weighted by Crippen LogP contribution is -2.28. The van der Waals surface area contributed by atoms with Crippen molar-refractivity contribution in [3.05, 3.63) is 23.8 Å². The molecule has 1 aliphatic heterocycles. The van der Waals surface area contributed by atoms with Crippen LogP contribution in [0.3, 0.4) is 0 Å². The molecule has 0 bridgehead atoms. The lowest BCUT2D eigenvalue weighted by molar-refractivity contribution is -0.136. The van der Waals surface area contributed by atoms with Gasteiger partial charge in [-0.05, 0) is 36.8 Å². The molecular weight excluding hydrogens is 289 g/mol. The Kier molecular flexibility index (Phi) is 4.47. The minimum atomic E-state index is -4.54. The Labute approximate surface area is 119 Å². The molecule has 0 aromatic heterocycles. The van der Waals surface area contributed by atoms with Crippen molar-refractivity contribution >= 4 is 29.0 Å². The number of nitrogen functional groups attached to an aromatic ring is 1. The number of benzene rings is 1. The number of nitrogens with two attached hydrogens (primary N) is 1. The van der Waals surface area contributed by atoms with Crippen molar-refractivity contribution < 1.29 is 18.0 Å². The van der Waals surface area contributed by atoms with Crippen molar-refractivity contribution in [2.24, 2.45) is 0 Å². The van der Waals surface area contributed by atoms with Gasteiger partial charge in [0.05, 0.1) is 16.5 Å². The number of hydrogen-bond acceptors (Lipinski definition) is 3. The maximum absolute atomic E-state index is 12.9. The fraction of sp³-hybridized carbons (Fsp3) is 0.462. The number of carbonyl (C=O) groups is 1. The third-order valence-corrected chi connectivity index (χ3v) is 4.46. The summed E-state index contributed by atoms with van der Waals surface area (Å²) in [6, 6.07) is 3.38. The highest BCUT2D eigenvalue weighted by atomic mass is 32.2. The van der Waals surface area contributed by atoms with Gasteiger partial charge in [-0.15, -0.1) is 11.8 Å². The van der Waals surface area contributed by atoms with Crippen molar-refractivity contribution in [2.45, 2.75) is 30.7 Å². The van der Waals surface area contributed by atoms with Gasteiger partial charge < -0.3 is 11.1 Å². The molecule has 1 atom stereocenters. The van der Waals surface area contributed by atoms with E-state index in [-0.39, 0.29) is 22.5 Å². The number of anilines is 2. The molecule has 3 nitrogen and oxygen atoms in total. The Morgan fingerprint density at radius 1 is 1.35 bits per heavy atom. The number of halogens is 3. The van der Waals surface area contributed by atoms with Gasteiger partial charge in [-0.3, -0.25) is 4.79 Å². The Morgan fingerprint density at radius 2 is 2.10 bits per heavy atom. The number of hydrogen-bond donors (Lipinski definition) is 2. The van der Waals surface area contributed by atoms with Crippen LogP contribution in [0.25, 0.3) is 0 Å². The summed E-state index contributed by atoms with van der Waals surface area (Å²) >= 11 is 1.49. The monoisotopic (exact) mass is 304 g/mol. The highest BCUT2D eigenvalue weighted by Gasteiger charge is 2.34. The molecule has 0 saturated carbocycles. The van der Waals surface area contributed by atoms with Gasteiger partial charge in [0, 0.05) is 5.69 Å². The molecule has 20 heavy (non-hydrogen) atoms. The van der Waals surface area contributed by atoms with Crippen LogP contribution in [0.4, 0.5) is 24.5 Å². The molecule has 2 rings (SSSR count). The molecule has 1 saturated heterocycles. The Morgan fingerprint density at radius 3 is 2.70 bits per heavy atom. The zero-order valence-electron chi connectivity index (χ0n) is 10.7. The van der Waals surface area contributed by atoms with E-state index in [1.165, 1.54) is 23.9 Å². The van der Waals surface area contributed by atoms with Crippen LogP contribution >= 0.6 is 11.8 Å². The van der Waals surface area contributed by atoms with E-state index in [4.69, 9.17) is 5.73 Å². The predicted molar refractivity (Wildman–Crippen MR) is 74.6 cm³/mol. The van der Waals surface area contributed by atoms with E-state index in [0.717, 1.165) is 24.7 Å². The summed E-state index contributed by atoms with van der Waals surface area (Å²) in [7, 11) is 0. The molecule has 0 radical (unpaired) electrons. The molecule has 1 aliphatic rings. The SMILES string of the molecule is Nc1ccc(NC(=O)C2CCCCS2)c(C(F)(F)F)c1. The van der Waals surface area contributed by atoms with E-state index in [1.54, 1.807) is 0 Å². The molecule has 0 spiro atoms. The predicted octanol–water partition coefficient (Wildman–Crippen LogP) is 3.51. The van der Waals surface area contributed by atoms with Gasteiger partial charge >= 0.3 is 6.18 Å². The van der Waals surface area contributed by atoms with Crippen LogP contribution in [0.1, 0.15) is 24.8 Å². The van der Waals surface area contributed by atoms with Crippen molar-refractivity contribution in [2.75, 3.05) is 16.8 Å². The maximum atomic E-state index is 12.9. The Balaban J connectivity index is 2.18. The molecule has 1 fully saturated rings. The van der Waals surface area contributed by atoms with Crippen LogP contribution in [0.15, 0.2) is 18.2 Å². The molecule has 1 aromatic rings. The molecule has 7 heteroatoms. The highest BCUT2D eigenvalue weighted by molar-refractivity contribution is 8.00. The normalized spacial score (nSPS) is 19.6. The lowest BCUT2D eigenvalue weighted by atomic mass is 10.1. The van der Waals surface area contributed by atoms with Gasteiger partial charge in [-0.1, -0.05) is 6.42 Å². The summed E-state index contributed by atoms with van der Waals surface area (Å²) in [6.07, 6.45) is -1.87. The van der Waals surface area contributed by atoms with Crippen molar-refractivity contribution in [1.82, 2.24) is 0 Å². The average Bonchev–Trinajstić information content (AvgIpc) is 2.40. The van der Waals surface area contributed by atoms with E-state index in [9.17, 15) is 18.0 Å². The molecule has 0 aliphatic carbocycles. The molecule has 3 N–H and O–H groups in total. The van der Waals surface area contributed by atoms with Gasteiger partial charge in [-0.2, -0.15) is 13.2 Å². The molecule has 1 heterocycles. The first-order valence-electron chi connectivity index (χ1n) is 6.27. The Hall–Kier alpha value is -1.37. The number of carbonyl (C=O) groups excluding carboxylic acids is 1. The average molecular weight is 304 g/mol. The van der Waals surface area contributed by atoms with Crippen LogP contribution in [-0.4, -0.2) is 16.9 Å². The lowest BCUT2D eigenvalue weighted by Gasteiger charge is -2.21. The van der Waals surface area contributed by atoms with E-state index in [2.05, 4.69) is 5.32 Å². The number of alkyl halides is 3. The number of nitrogens with one attached hydrogen (secondary N) is 1. The summed E-state index contributed by atoms with van der Waals surface area (Å²) in [6.45, 7) is 0. The first-order chi connectivity index (χ1) is 9.38. The van der Waals surface area contributed by atoms with E-state index in [0.29, 0.717) is 6.42 Å². The van der Waals surface area contributed by atoms with Crippen molar-refractivity contribution in [3.8, 4) is 0 Å². The number of thioether (sulfide) groups is 1. The fourth-order valence-electron chi connectivity index (χ4n) is 2.07. The van der Waals surface area contributed by atoms with Crippen LogP contribution in [-0.2, 0) is 11.0 Å². The highest BCUT2D eigenvalue weighted by Crippen LogP contribution is 2.36. The van der Waals surface area contributed by atoms with Gasteiger partial charge in [-0.25, -0.2) is 0 Å². The largest absolute Gasteiger partial charge is 0.418 e. The van der Waals surface area contributed by atoms with Gasteiger partial charge in [0.15, 0.2) is 0 Å². The van der Waals surface area contributed by atoms with Gasteiger partial charge in [0.25, 0.3) is 0 Å². The van der Waals surface area contributed by atoms with Crippen molar-refractivity contribution in [1.29, 1.82) is 0 Å². The summed E-state index contributed by atoms with van der Waals surface area (Å²) in [5, 5.41) is 2.10. The molecule has 1 aromatic carbocycles. The van der Waals surface area contributed by atoms with Crippen LogP contribution < -0.4 is 11.1 Å². The molecule has 110 valence electrons. The fourth-order valence-corrected chi connectivity index (χ4v) is 3.27. The first kappa shape index (κ1) is 15.0. The third-order valence-electron chi connectivity index (χ3n) is 3.08. The minimum absolute atomic E-state index is 0.0161. The van der Waals surface area contributed by atoms with Crippen molar-refractivity contribution in [3.63, 3.8) is 0 Å². The second kappa shape index (κ2) is 5.95. The maximum Gasteiger partial charge on any atom is 0.418 e. The second-order valence-corrected chi connectivity index (χ2v) is 5.96. The molecule has 1 unspecified atom stereocenters. The van der Waals surface area contributed by atoms with Crippen LogP contribution in [0.2, 0.25) is 0 Å². The number of amides is 1. The van der Waals surface area contributed by atoms with E-state index < -0.39 is 11.7 Å². The topological polar surface area (TPSA) is 55.1 Å². The smallest absolute Gasteiger partial charge is 0.399 e. The quantitative estimate of drug-likeness (QED) is 0.822. The summed E-state index contributed by atoms with van der Waals surface area (Å²) < 4.78 is 38.7. The molecular formula is C13H15F3N2OS.